The number of nitrogens with two attached hydrogens (primary N) is 1. The van der Waals surface area contributed by atoms with Gasteiger partial charge in [0.05, 0.1) is 6.61 Å². The predicted molar refractivity (Wildman–Crippen MR) is 68.7 cm³/mol. The molecule has 0 saturated carbocycles. The highest BCUT2D eigenvalue weighted by Gasteiger charge is 2.09. The molecular formula is C13H15NO4. The maximum absolute atomic E-state index is 10.7. The number of aromatic hydroxyl groups is 1. The molecule has 0 aliphatic carbocycles. The lowest BCUT2D eigenvalue weighted by Gasteiger charge is -2.02. The number of aliphatic hydroxyl groups is 1. The van der Waals surface area contributed by atoms with Crippen molar-refractivity contribution in [3.05, 3.63) is 42.0 Å². The van der Waals surface area contributed by atoms with Gasteiger partial charge in [0.15, 0.2) is 0 Å². The number of benzene rings is 2. The standard InChI is InChI=1S/C11H8O3.C2H7NO/c12-10-6-8-4-2-1-3-7(8)5-9(10)11(13)14;3-1-2-4/h1-6,12H,(H,13,14);4H,1-3H2. The van der Waals surface area contributed by atoms with Gasteiger partial charge in [0.2, 0.25) is 0 Å². The first kappa shape index (κ1) is 14.0. The van der Waals surface area contributed by atoms with E-state index in [9.17, 15) is 9.90 Å². The van der Waals surface area contributed by atoms with Crippen LogP contribution in [0.15, 0.2) is 36.4 Å². The van der Waals surface area contributed by atoms with E-state index in [0.717, 1.165) is 10.8 Å². The summed E-state index contributed by atoms with van der Waals surface area (Å²) in [6.07, 6.45) is 0. The average molecular weight is 249 g/mol. The van der Waals surface area contributed by atoms with Gasteiger partial charge in [-0.1, -0.05) is 24.3 Å². The van der Waals surface area contributed by atoms with Crippen LogP contribution in [0.4, 0.5) is 0 Å². The maximum atomic E-state index is 10.7. The Morgan fingerprint density at radius 3 is 2.11 bits per heavy atom. The molecule has 0 aliphatic rings. The van der Waals surface area contributed by atoms with E-state index in [1.807, 2.05) is 18.2 Å². The third-order valence-electron chi connectivity index (χ3n) is 2.22. The third-order valence-corrected chi connectivity index (χ3v) is 2.22. The van der Waals surface area contributed by atoms with Crippen molar-refractivity contribution >= 4 is 16.7 Å². The Hall–Kier alpha value is -2.11. The Morgan fingerprint density at radius 2 is 1.67 bits per heavy atom. The summed E-state index contributed by atoms with van der Waals surface area (Å²) in [5, 5.41) is 27.5. The second-order valence-corrected chi connectivity index (χ2v) is 3.53. The van der Waals surface area contributed by atoms with Crippen LogP contribution < -0.4 is 5.73 Å². The highest BCUT2D eigenvalue weighted by Crippen LogP contribution is 2.24. The van der Waals surface area contributed by atoms with Crippen LogP contribution in [0.1, 0.15) is 10.4 Å². The van der Waals surface area contributed by atoms with Crippen molar-refractivity contribution in [3.8, 4) is 5.75 Å². The first-order valence-electron chi connectivity index (χ1n) is 5.36. The summed E-state index contributed by atoms with van der Waals surface area (Å²) in [5.74, 6) is -1.32. The summed E-state index contributed by atoms with van der Waals surface area (Å²) >= 11 is 0. The van der Waals surface area contributed by atoms with E-state index < -0.39 is 5.97 Å². The smallest absolute Gasteiger partial charge is 0.339 e. The number of aliphatic hydroxyl groups excluding tert-OH is 1. The zero-order valence-corrected chi connectivity index (χ0v) is 9.71. The first-order valence-corrected chi connectivity index (χ1v) is 5.36. The third kappa shape index (κ3) is 3.44. The van der Waals surface area contributed by atoms with Crippen molar-refractivity contribution in [2.45, 2.75) is 0 Å². The molecular weight excluding hydrogens is 234 g/mol. The second-order valence-electron chi connectivity index (χ2n) is 3.53. The molecule has 5 N–H and O–H groups in total. The van der Waals surface area contributed by atoms with E-state index in [0.29, 0.717) is 6.54 Å². The number of aromatic carboxylic acids is 1. The van der Waals surface area contributed by atoms with Crippen molar-refractivity contribution in [2.75, 3.05) is 13.2 Å². The lowest BCUT2D eigenvalue weighted by atomic mass is 10.1. The number of carboxylic acids is 1. The van der Waals surface area contributed by atoms with Crippen LogP contribution >= 0.6 is 0 Å². The molecule has 0 unspecified atom stereocenters. The molecule has 0 fully saturated rings. The van der Waals surface area contributed by atoms with Gasteiger partial charge in [-0.25, -0.2) is 4.79 Å². The SMILES string of the molecule is NCCO.O=C(O)c1cc2ccccc2cc1O. The van der Waals surface area contributed by atoms with Crippen LogP contribution in [0.25, 0.3) is 10.8 Å². The summed E-state index contributed by atoms with van der Waals surface area (Å²) in [5.41, 5.74) is 4.71. The first-order chi connectivity index (χ1) is 8.60. The topological polar surface area (TPSA) is 104 Å². The molecule has 0 atom stereocenters. The van der Waals surface area contributed by atoms with Gasteiger partial charge >= 0.3 is 5.97 Å². The van der Waals surface area contributed by atoms with Gasteiger partial charge in [-0.2, -0.15) is 0 Å². The van der Waals surface area contributed by atoms with Crippen molar-refractivity contribution in [1.82, 2.24) is 0 Å². The summed E-state index contributed by atoms with van der Waals surface area (Å²) in [7, 11) is 0. The van der Waals surface area contributed by atoms with Gasteiger partial charge in [-0.15, -0.1) is 0 Å². The number of rotatable bonds is 2. The number of carbonyl (C=O) groups is 1. The number of hydrogen-bond donors (Lipinski definition) is 4. The fourth-order valence-corrected chi connectivity index (χ4v) is 1.40. The molecule has 0 heterocycles. The van der Waals surface area contributed by atoms with Crippen LogP contribution in [0.3, 0.4) is 0 Å². The van der Waals surface area contributed by atoms with E-state index in [2.05, 4.69) is 0 Å². The fraction of sp³-hybridized carbons (Fsp3) is 0.154. The molecule has 0 saturated heterocycles. The van der Waals surface area contributed by atoms with Crippen LogP contribution in [0.5, 0.6) is 5.75 Å². The summed E-state index contributed by atoms with van der Waals surface area (Å²) in [4.78, 5) is 10.7. The van der Waals surface area contributed by atoms with Crippen molar-refractivity contribution < 1.29 is 20.1 Å². The molecule has 2 aromatic carbocycles. The van der Waals surface area contributed by atoms with Gasteiger partial charge in [-0.05, 0) is 22.9 Å². The average Bonchev–Trinajstić information content (AvgIpc) is 2.38. The van der Waals surface area contributed by atoms with Crippen LogP contribution in [-0.2, 0) is 0 Å². The van der Waals surface area contributed by atoms with E-state index in [-0.39, 0.29) is 17.9 Å². The Bertz CT molecular complexity index is 538. The minimum atomic E-state index is -1.12. The molecule has 0 aromatic heterocycles. The molecule has 0 amide bonds. The lowest BCUT2D eigenvalue weighted by molar-refractivity contribution is 0.0694. The van der Waals surface area contributed by atoms with Crippen LogP contribution in [-0.4, -0.2) is 34.4 Å². The minimum Gasteiger partial charge on any atom is -0.507 e. The van der Waals surface area contributed by atoms with E-state index in [4.69, 9.17) is 15.9 Å². The number of phenols is 1. The van der Waals surface area contributed by atoms with Crippen LogP contribution in [0, 0.1) is 0 Å². The van der Waals surface area contributed by atoms with Crippen molar-refractivity contribution in [3.63, 3.8) is 0 Å². The Kier molecular flexibility index (Phi) is 5.10. The van der Waals surface area contributed by atoms with Crippen molar-refractivity contribution in [1.29, 1.82) is 0 Å². The predicted octanol–water partition coefficient (Wildman–Crippen LogP) is 1.18. The van der Waals surface area contributed by atoms with E-state index >= 15 is 0 Å². The molecule has 0 spiro atoms. The zero-order chi connectivity index (χ0) is 13.5. The maximum Gasteiger partial charge on any atom is 0.339 e. The molecule has 96 valence electrons. The normalized spacial score (nSPS) is 9.67. The Morgan fingerprint density at radius 1 is 1.17 bits per heavy atom. The molecule has 0 aliphatic heterocycles. The Balaban J connectivity index is 0.000000357. The molecule has 5 heteroatoms. The van der Waals surface area contributed by atoms with Gasteiger partial charge in [-0.3, -0.25) is 0 Å². The summed E-state index contributed by atoms with van der Waals surface area (Å²) < 4.78 is 0. The van der Waals surface area contributed by atoms with Gasteiger partial charge in [0.25, 0.3) is 0 Å². The van der Waals surface area contributed by atoms with Gasteiger partial charge in [0.1, 0.15) is 11.3 Å². The number of hydrogen-bond acceptors (Lipinski definition) is 4. The summed E-state index contributed by atoms with van der Waals surface area (Å²) in [6.45, 7) is 0.472. The van der Waals surface area contributed by atoms with Crippen molar-refractivity contribution in [2.24, 2.45) is 5.73 Å². The molecule has 2 rings (SSSR count). The number of carboxylic acid groups (broad SMARTS) is 1. The zero-order valence-electron chi connectivity index (χ0n) is 9.71. The largest absolute Gasteiger partial charge is 0.507 e. The Labute approximate surface area is 104 Å². The lowest BCUT2D eigenvalue weighted by Crippen LogP contribution is -2.02. The quantitative estimate of drug-likeness (QED) is 0.640. The van der Waals surface area contributed by atoms with E-state index in [1.165, 1.54) is 12.1 Å². The molecule has 0 bridgehead atoms. The summed E-state index contributed by atoms with van der Waals surface area (Å²) in [6, 6.07) is 10.2. The minimum absolute atomic E-state index is 0.0660. The second kappa shape index (κ2) is 6.58. The highest BCUT2D eigenvalue weighted by atomic mass is 16.4. The van der Waals surface area contributed by atoms with Gasteiger partial charge in [0, 0.05) is 6.54 Å². The fourth-order valence-electron chi connectivity index (χ4n) is 1.40. The molecule has 18 heavy (non-hydrogen) atoms. The highest BCUT2D eigenvalue weighted by molar-refractivity contribution is 5.97. The molecule has 0 radical (unpaired) electrons. The monoisotopic (exact) mass is 249 g/mol. The number of fused-ring (bicyclic) bond motifs is 1. The van der Waals surface area contributed by atoms with Gasteiger partial charge < -0.3 is 21.1 Å². The van der Waals surface area contributed by atoms with Crippen LogP contribution in [0.2, 0.25) is 0 Å². The van der Waals surface area contributed by atoms with E-state index in [1.54, 1.807) is 6.07 Å². The molecule has 5 nitrogen and oxygen atoms in total. The molecule has 2 aromatic rings.